The van der Waals surface area contributed by atoms with Crippen LogP contribution in [0.1, 0.15) is 37.4 Å². The van der Waals surface area contributed by atoms with Gasteiger partial charge >= 0.3 is 0 Å². The number of sulfonamides is 1. The van der Waals surface area contributed by atoms with Crippen molar-refractivity contribution in [1.82, 2.24) is 33.5 Å². The molecule has 40 heavy (non-hydrogen) atoms. The fourth-order valence-electron chi connectivity index (χ4n) is 4.82. The largest absolute Gasteiger partial charge is 0.493 e. The van der Waals surface area contributed by atoms with E-state index in [1.807, 2.05) is 33.2 Å². The van der Waals surface area contributed by atoms with E-state index in [2.05, 4.69) is 9.88 Å². The van der Waals surface area contributed by atoms with E-state index in [4.69, 9.17) is 14.8 Å². The average Bonchev–Trinajstić information content (AvgIpc) is 3.53. The number of aryl methyl sites for hydroxylation is 2. The molecule has 1 aliphatic heterocycles. The normalized spacial score (nSPS) is 15.2. The van der Waals surface area contributed by atoms with Gasteiger partial charge in [0.2, 0.25) is 10.0 Å². The molecule has 0 unspecified atom stereocenters. The van der Waals surface area contributed by atoms with Crippen LogP contribution in [0.4, 0.5) is 0 Å². The molecular formula is C27H35N7O4S2. The molecule has 5 rings (SSSR count). The monoisotopic (exact) mass is 585 g/mol. The summed E-state index contributed by atoms with van der Waals surface area (Å²) in [5.74, 6) is 1.37. The van der Waals surface area contributed by atoms with Crippen LogP contribution in [0.3, 0.4) is 0 Å². The number of hydrogen-bond donors (Lipinski definition) is 0. The van der Waals surface area contributed by atoms with Crippen LogP contribution >= 0.6 is 11.3 Å². The van der Waals surface area contributed by atoms with E-state index in [0.29, 0.717) is 78.9 Å². The first kappa shape index (κ1) is 28.4. The second-order valence-corrected chi connectivity index (χ2v) is 13.0. The number of likely N-dealkylation sites (N-methyl/N-ethyl adjacent to an activating group) is 1. The van der Waals surface area contributed by atoms with Crippen LogP contribution in [-0.4, -0.2) is 81.8 Å². The Morgan fingerprint density at radius 3 is 2.45 bits per heavy atom. The predicted octanol–water partition coefficient (Wildman–Crippen LogP) is 3.23. The molecule has 4 aromatic rings. The van der Waals surface area contributed by atoms with E-state index in [9.17, 15) is 13.2 Å². The van der Waals surface area contributed by atoms with Gasteiger partial charge in [-0.25, -0.2) is 23.1 Å². The zero-order valence-corrected chi connectivity index (χ0v) is 25.2. The molecule has 214 valence electrons. The summed E-state index contributed by atoms with van der Waals surface area (Å²) < 4.78 is 37.8. The number of ether oxygens (including phenoxy) is 1. The number of thiazole rings is 1. The van der Waals surface area contributed by atoms with Gasteiger partial charge in [0.1, 0.15) is 17.1 Å². The van der Waals surface area contributed by atoms with Crippen molar-refractivity contribution in [3.63, 3.8) is 0 Å². The predicted molar refractivity (Wildman–Crippen MR) is 156 cm³/mol. The fraction of sp³-hybridized carbons (Fsp3) is 0.481. The van der Waals surface area contributed by atoms with Gasteiger partial charge in [0.25, 0.3) is 5.56 Å². The summed E-state index contributed by atoms with van der Waals surface area (Å²) in [5, 5.41) is 7.48. The number of fused-ring (bicyclic) bond motifs is 1. The Kier molecular flexibility index (Phi) is 8.09. The molecule has 1 aliphatic rings. The maximum atomic E-state index is 13.9. The number of rotatable bonds is 9. The highest BCUT2D eigenvalue weighted by Crippen LogP contribution is 2.33. The molecule has 13 heteroatoms. The molecule has 0 amide bonds. The molecule has 4 heterocycles. The molecule has 1 saturated heterocycles. The SMILES string of the molecule is CCCOc1ccc(S(=O)(=O)N2CCN(C)CC2)cc1-c1nc2c(CCC)nn(-c3csc(C)n3)c2c(=O)n1C. The molecule has 1 aromatic carbocycles. The summed E-state index contributed by atoms with van der Waals surface area (Å²) >= 11 is 1.48. The van der Waals surface area contributed by atoms with Crippen LogP contribution < -0.4 is 10.3 Å². The fourth-order valence-corrected chi connectivity index (χ4v) is 6.84. The van der Waals surface area contributed by atoms with Crippen molar-refractivity contribution in [2.24, 2.45) is 7.05 Å². The minimum atomic E-state index is -3.75. The van der Waals surface area contributed by atoms with Crippen LogP contribution in [0.25, 0.3) is 28.2 Å². The third-order valence-electron chi connectivity index (χ3n) is 7.04. The molecule has 11 nitrogen and oxygen atoms in total. The Morgan fingerprint density at radius 2 is 1.80 bits per heavy atom. The number of hydrogen-bond acceptors (Lipinski definition) is 9. The van der Waals surface area contributed by atoms with Gasteiger partial charge in [-0.15, -0.1) is 11.3 Å². The molecule has 3 aromatic heterocycles. The zero-order chi connectivity index (χ0) is 28.6. The van der Waals surface area contributed by atoms with E-state index in [1.54, 1.807) is 29.9 Å². The van der Waals surface area contributed by atoms with Crippen molar-refractivity contribution in [2.75, 3.05) is 39.8 Å². The second-order valence-electron chi connectivity index (χ2n) is 10.0. The maximum Gasteiger partial charge on any atom is 0.280 e. The third-order valence-corrected chi connectivity index (χ3v) is 9.69. The summed E-state index contributed by atoms with van der Waals surface area (Å²) in [6.07, 6.45) is 2.22. The minimum Gasteiger partial charge on any atom is -0.493 e. The number of benzene rings is 1. The summed E-state index contributed by atoms with van der Waals surface area (Å²) in [4.78, 5) is 25.6. The zero-order valence-electron chi connectivity index (χ0n) is 23.5. The Labute approximate surface area is 238 Å². The van der Waals surface area contributed by atoms with Gasteiger partial charge in [-0.2, -0.15) is 9.40 Å². The van der Waals surface area contributed by atoms with E-state index >= 15 is 0 Å². The minimum absolute atomic E-state index is 0.146. The summed E-state index contributed by atoms with van der Waals surface area (Å²) in [6.45, 7) is 8.55. The highest BCUT2D eigenvalue weighted by atomic mass is 32.2. The Balaban J connectivity index is 1.71. The lowest BCUT2D eigenvalue weighted by atomic mass is 10.1. The molecule has 0 aliphatic carbocycles. The Hall–Kier alpha value is -3.13. The maximum absolute atomic E-state index is 13.9. The number of piperazine rings is 1. The van der Waals surface area contributed by atoms with E-state index in [0.717, 1.165) is 17.8 Å². The van der Waals surface area contributed by atoms with Gasteiger partial charge in [-0.1, -0.05) is 20.3 Å². The molecular weight excluding hydrogens is 550 g/mol. The van der Waals surface area contributed by atoms with E-state index in [-0.39, 0.29) is 10.5 Å². The van der Waals surface area contributed by atoms with Gasteiger partial charge in [-0.05, 0) is 45.0 Å². The molecule has 0 bridgehead atoms. The lowest BCUT2D eigenvalue weighted by molar-refractivity contribution is 0.222. The smallest absolute Gasteiger partial charge is 0.280 e. The molecule has 1 fully saturated rings. The second kappa shape index (κ2) is 11.4. The number of aromatic nitrogens is 5. The topological polar surface area (TPSA) is 115 Å². The van der Waals surface area contributed by atoms with Crippen LogP contribution in [0.5, 0.6) is 5.75 Å². The van der Waals surface area contributed by atoms with Crippen molar-refractivity contribution in [3.05, 3.63) is 44.6 Å². The van der Waals surface area contributed by atoms with Gasteiger partial charge < -0.3 is 9.64 Å². The van der Waals surface area contributed by atoms with Crippen LogP contribution in [-0.2, 0) is 23.5 Å². The van der Waals surface area contributed by atoms with Crippen LogP contribution in [0, 0.1) is 6.92 Å². The number of nitrogens with zero attached hydrogens (tertiary/aromatic N) is 7. The van der Waals surface area contributed by atoms with Gasteiger partial charge in [0.15, 0.2) is 11.3 Å². The first-order valence-corrected chi connectivity index (χ1v) is 15.8. The Morgan fingerprint density at radius 1 is 1.05 bits per heavy atom. The summed E-state index contributed by atoms with van der Waals surface area (Å²) in [5.41, 5.74) is 1.68. The van der Waals surface area contributed by atoms with Crippen molar-refractivity contribution in [3.8, 4) is 23.0 Å². The van der Waals surface area contributed by atoms with Gasteiger partial charge in [-0.3, -0.25) is 9.36 Å². The van der Waals surface area contributed by atoms with Crippen molar-refractivity contribution < 1.29 is 13.2 Å². The molecule has 0 radical (unpaired) electrons. The lowest BCUT2D eigenvalue weighted by Crippen LogP contribution is -2.47. The quantitative estimate of drug-likeness (QED) is 0.294. The Bertz CT molecular complexity index is 1700. The first-order valence-electron chi connectivity index (χ1n) is 13.5. The van der Waals surface area contributed by atoms with Crippen molar-refractivity contribution in [2.45, 2.75) is 44.9 Å². The van der Waals surface area contributed by atoms with E-state index < -0.39 is 10.0 Å². The third kappa shape index (κ3) is 5.18. The van der Waals surface area contributed by atoms with Crippen molar-refractivity contribution >= 4 is 32.4 Å². The average molecular weight is 586 g/mol. The standard InChI is InChI=1S/C27H35N7O4S2/c1-6-8-21-24-25(34(30-21)23-17-39-18(3)28-23)27(35)32(5)26(29-24)20-16-19(9-10-22(20)38-15-7-2)40(36,37)33-13-11-31(4)12-14-33/h9-10,16-17H,6-8,11-15H2,1-5H3. The van der Waals surface area contributed by atoms with Gasteiger partial charge in [0, 0.05) is 38.6 Å². The molecule has 0 N–H and O–H groups in total. The van der Waals surface area contributed by atoms with E-state index in [1.165, 1.54) is 20.2 Å². The molecule has 0 atom stereocenters. The van der Waals surface area contributed by atoms with Crippen molar-refractivity contribution in [1.29, 1.82) is 0 Å². The summed E-state index contributed by atoms with van der Waals surface area (Å²) in [6, 6.07) is 4.82. The lowest BCUT2D eigenvalue weighted by Gasteiger charge is -2.31. The van der Waals surface area contributed by atoms with Crippen LogP contribution in [0.15, 0.2) is 33.3 Å². The molecule has 0 spiro atoms. The first-order chi connectivity index (χ1) is 19.1. The summed E-state index contributed by atoms with van der Waals surface area (Å²) in [7, 11) is -0.134. The van der Waals surface area contributed by atoms with Gasteiger partial charge in [0.05, 0.1) is 27.8 Å². The highest BCUT2D eigenvalue weighted by molar-refractivity contribution is 7.89. The molecule has 0 saturated carbocycles. The van der Waals surface area contributed by atoms with Crippen LogP contribution in [0.2, 0.25) is 0 Å². The highest BCUT2D eigenvalue weighted by Gasteiger charge is 2.29.